The van der Waals surface area contributed by atoms with Crippen LogP contribution in [0, 0.1) is 16.0 Å². The molecule has 0 saturated heterocycles. The van der Waals surface area contributed by atoms with Crippen molar-refractivity contribution in [3.63, 3.8) is 0 Å². The summed E-state index contributed by atoms with van der Waals surface area (Å²) >= 11 is 0. The fourth-order valence-corrected chi connectivity index (χ4v) is 2.52. The van der Waals surface area contributed by atoms with Gasteiger partial charge in [0.05, 0.1) is 5.69 Å². The summed E-state index contributed by atoms with van der Waals surface area (Å²) in [7, 11) is 0. The molecule has 1 saturated carbocycles. The second kappa shape index (κ2) is 5.77. The molecule has 1 fully saturated rings. The van der Waals surface area contributed by atoms with E-state index in [1.807, 2.05) is 0 Å². The standard InChI is InChI=1S/C12H18N4O2/c13-7-11(9-3-1-2-4-9)15-10-5-6-12(14-8-10)16(17)18/h5-6,8-9,11,15H,1-4,7,13H2. The molecule has 0 radical (unpaired) electrons. The molecular weight excluding hydrogens is 232 g/mol. The quantitative estimate of drug-likeness (QED) is 0.615. The summed E-state index contributed by atoms with van der Waals surface area (Å²) in [6.45, 7) is 0.571. The van der Waals surface area contributed by atoms with Crippen LogP contribution in [0.4, 0.5) is 11.5 Å². The van der Waals surface area contributed by atoms with Crippen LogP contribution in [0.25, 0.3) is 0 Å². The molecule has 0 amide bonds. The smallest absolute Gasteiger partial charge is 0.363 e. The molecule has 1 aromatic rings. The van der Waals surface area contributed by atoms with Crippen molar-refractivity contribution in [1.82, 2.24) is 4.98 Å². The number of pyridine rings is 1. The van der Waals surface area contributed by atoms with Gasteiger partial charge in [0.25, 0.3) is 0 Å². The Hall–Kier alpha value is -1.69. The van der Waals surface area contributed by atoms with Crippen LogP contribution in [0.3, 0.4) is 0 Å². The fraction of sp³-hybridized carbons (Fsp3) is 0.583. The Labute approximate surface area is 106 Å². The minimum absolute atomic E-state index is 0.134. The SMILES string of the molecule is NCC(Nc1ccc([N+](=O)[O-])nc1)C1CCCC1. The first-order chi connectivity index (χ1) is 8.70. The first-order valence-electron chi connectivity index (χ1n) is 6.27. The second-order valence-corrected chi connectivity index (χ2v) is 4.69. The summed E-state index contributed by atoms with van der Waals surface area (Å²) in [4.78, 5) is 13.8. The number of hydrogen-bond donors (Lipinski definition) is 2. The van der Waals surface area contributed by atoms with Crippen molar-refractivity contribution in [3.05, 3.63) is 28.4 Å². The average molecular weight is 250 g/mol. The zero-order valence-corrected chi connectivity index (χ0v) is 10.2. The van der Waals surface area contributed by atoms with Gasteiger partial charge >= 0.3 is 5.82 Å². The number of rotatable bonds is 5. The van der Waals surface area contributed by atoms with E-state index < -0.39 is 4.92 Å². The zero-order chi connectivity index (χ0) is 13.0. The van der Waals surface area contributed by atoms with Gasteiger partial charge in [-0.15, -0.1) is 0 Å². The van der Waals surface area contributed by atoms with Crippen LogP contribution in [-0.4, -0.2) is 22.5 Å². The Balaban J connectivity index is 2.00. The maximum atomic E-state index is 10.5. The molecule has 1 aliphatic rings. The minimum Gasteiger partial charge on any atom is -0.378 e. The first kappa shape index (κ1) is 12.8. The Kier molecular flexibility index (Phi) is 4.09. The predicted molar refractivity (Wildman–Crippen MR) is 69.3 cm³/mol. The van der Waals surface area contributed by atoms with Gasteiger partial charge in [-0.05, 0) is 34.7 Å². The van der Waals surface area contributed by atoms with Gasteiger partial charge in [0.1, 0.15) is 0 Å². The molecule has 0 aliphatic heterocycles. The molecule has 0 bridgehead atoms. The lowest BCUT2D eigenvalue weighted by Crippen LogP contribution is -2.35. The van der Waals surface area contributed by atoms with E-state index in [2.05, 4.69) is 10.3 Å². The maximum absolute atomic E-state index is 10.5. The van der Waals surface area contributed by atoms with Gasteiger partial charge in [0.2, 0.25) is 0 Å². The first-order valence-corrected chi connectivity index (χ1v) is 6.27. The molecular formula is C12H18N4O2. The highest BCUT2D eigenvalue weighted by molar-refractivity contribution is 5.44. The predicted octanol–water partition coefficient (Wildman–Crippen LogP) is 1.92. The lowest BCUT2D eigenvalue weighted by Gasteiger charge is -2.23. The third kappa shape index (κ3) is 2.95. The van der Waals surface area contributed by atoms with E-state index in [0.717, 1.165) is 5.69 Å². The van der Waals surface area contributed by atoms with Gasteiger partial charge in [-0.25, -0.2) is 0 Å². The average Bonchev–Trinajstić information content (AvgIpc) is 2.90. The van der Waals surface area contributed by atoms with E-state index in [9.17, 15) is 10.1 Å². The highest BCUT2D eigenvalue weighted by Crippen LogP contribution is 2.29. The van der Waals surface area contributed by atoms with Crippen LogP contribution >= 0.6 is 0 Å². The Bertz CT molecular complexity index is 401. The molecule has 0 aromatic carbocycles. The molecule has 6 heteroatoms. The second-order valence-electron chi connectivity index (χ2n) is 4.69. The van der Waals surface area contributed by atoms with E-state index in [-0.39, 0.29) is 11.9 Å². The molecule has 6 nitrogen and oxygen atoms in total. The Morgan fingerprint density at radius 2 is 2.22 bits per heavy atom. The van der Waals surface area contributed by atoms with E-state index in [4.69, 9.17) is 5.73 Å². The van der Waals surface area contributed by atoms with E-state index >= 15 is 0 Å². The Morgan fingerprint density at radius 1 is 1.50 bits per heavy atom. The summed E-state index contributed by atoms with van der Waals surface area (Å²) in [5.41, 5.74) is 6.58. The monoisotopic (exact) mass is 250 g/mol. The molecule has 1 aromatic heterocycles. The highest BCUT2D eigenvalue weighted by Gasteiger charge is 2.24. The highest BCUT2D eigenvalue weighted by atomic mass is 16.6. The third-order valence-electron chi connectivity index (χ3n) is 3.51. The van der Waals surface area contributed by atoms with Crippen molar-refractivity contribution in [2.75, 3.05) is 11.9 Å². The number of nitrogens with one attached hydrogen (secondary N) is 1. The van der Waals surface area contributed by atoms with Crippen LogP contribution in [0.1, 0.15) is 25.7 Å². The van der Waals surface area contributed by atoms with Gasteiger partial charge in [-0.2, -0.15) is 0 Å². The van der Waals surface area contributed by atoms with Crippen LogP contribution in [0.2, 0.25) is 0 Å². The van der Waals surface area contributed by atoms with Gasteiger partial charge in [0, 0.05) is 18.7 Å². The zero-order valence-electron chi connectivity index (χ0n) is 10.2. The molecule has 1 unspecified atom stereocenters. The van der Waals surface area contributed by atoms with E-state index in [1.165, 1.54) is 37.9 Å². The van der Waals surface area contributed by atoms with Crippen molar-refractivity contribution >= 4 is 11.5 Å². The number of nitrogens with zero attached hydrogens (tertiary/aromatic N) is 2. The largest absolute Gasteiger partial charge is 0.378 e. The number of anilines is 1. The Morgan fingerprint density at radius 3 is 2.72 bits per heavy atom. The van der Waals surface area contributed by atoms with Crippen molar-refractivity contribution in [1.29, 1.82) is 0 Å². The minimum atomic E-state index is -0.499. The molecule has 18 heavy (non-hydrogen) atoms. The van der Waals surface area contributed by atoms with Gasteiger partial charge < -0.3 is 21.2 Å². The summed E-state index contributed by atoms with van der Waals surface area (Å²) in [6, 6.07) is 3.32. The van der Waals surface area contributed by atoms with Gasteiger partial charge in [0.15, 0.2) is 6.20 Å². The van der Waals surface area contributed by atoms with Gasteiger partial charge in [-0.3, -0.25) is 0 Å². The van der Waals surface area contributed by atoms with Crippen molar-refractivity contribution in [2.45, 2.75) is 31.7 Å². The summed E-state index contributed by atoms with van der Waals surface area (Å²) in [5, 5.41) is 13.8. The number of nitrogens with two attached hydrogens (primary N) is 1. The van der Waals surface area contributed by atoms with Crippen molar-refractivity contribution in [3.8, 4) is 0 Å². The third-order valence-corrected chi connectivity index (χ3v) is 3.51. The summed E-state index contributed by atoms with van der Waals surface area (Å²) in [6.07, 6.45) is 6.43. The summed E-state index contributed by atoms with van der Waals surface area (Å²) < 4.78 is 0. The van der Waals surface area contributed by atoms with Gasteiger partial charge in [-0.1, -0.05) is 12.8 Å². The normalized spacial score (nSPS) is 17.6. The van der Waals surface area contributed by atoms with Crippen LogP contribution in [-0.2, 0) is 0 Å². The van der Waals surface area contributed by atoms with E-state index in [0.29, 0.717) is 12.5 Å². The molecule has 1 aliphatic carbocycles. The molecule has 0 spiro atoms. The molecule has 98 valence electrons. The van der Waals surface area contributed by atoms with Crippen molar-refractivity contribution < 1.29 is 4.92 Å². The fourth-order valence-electron chi connectivity index (χ4n) is 2.52. The van der Waals surface area contributed by atoms with Crippen molar-refractivity contribution in [2.24, 2.45) is 11.7 Å². The van der Waals surface area contributed by atoms with Crippen LogP contribution in [0.15, 0.2) is 18.3 Å². The molecule has 1 heterocycles. The molecule has 2 rings (SSSR count). The summed E-state index contributed by atoms with van der Waals surface area (Å²) in [5.74, 6) is 0.468. The van der Waals surface area contributed by atoms with Crippen LogP contribution in [0.5, 0.6) is 0 Å². The topological polar surface area (TPSA) is 94.1 Å². The lowest BCUT2D eigenvalue weighted by molar-refractivity contribution is -0.389. The number of hydrogen-bond acceptors (Lipinski definition) is 5. The lowest BCUT2D eigenvalue weighted by atomic mass is 9.98. The maximum Gasteiger partial charge on any atom is 0.363 e. The van der Waals surface area contributed by atoms with E-state index in [1.54, 1.807) is 6.07 Å². The molecule has 3 N–H and O–H groups in total. The number of nitro groups is 1. The number of aromatic nitrogens is 1. The molecule has 1 atom stereocenters. The van der Waals surface area contributed by atoms with Crippen LogP contribution < -0.4 is 11.1 Å².